The maximum atomic E-state index is 12.9. The molecule has 1 N–H and O–H groups in total. The van der Waals surface area contributed by atoms with Gasteiger partial charge in [-0.3, -0.25) is 18.9 Å². The van der Waals surface area contributed by atoms with E-state index in [1.807, 2.05) is 20.8 Å². The van der Waals surface area contributed by atoms with Crippen molar-refractivity contribution < 1.29 is 5.11 Å². The Morgan fingerprint density at radius 3 is 2.21 bits per heavy atom. The number of hydrogen-bond donors (Lipinski definition) is 1. The molecule has 0 aliphatic heterocycles. The van der Waals surface area contributed by atoms with Gasteiger partial charge in [-0.05, 0) is 45.3 Å². The maximum Gasteiger partial charge on any atom is 0.267 e. The summed E-state index contributed by atoms with van der Waals surface area (Å²) in [5, 5.41) is 10.7. The van der Waals surface area contributed by atoms with Crippen molar-refractivity contribution in [2.24, 2.45) is 4.99 Å². The first kappa shape index (κ1) is 18.9. The Balaban J connectivity index is 2.59. The van der Waals surface area contributed by atoms with Gasteiger partial charge in [-0.1, -0.05) is 32.6 Å². The highest BCUT2D eigenvalue weighted by Crippen LogP contribution is 2.23. The lowest BCUT2D eigenvalue weighted by Crippen LogP contribution is -2.31. The van der Waals surface area contributed by atoms with Crippen LogP contribution in [-0.4, -0.2) is 26.0 Å². The molecule has 1 heterocycles. The number of nitrogens with zero attached hydrogens (tertiary/aromatic N) is 3. The van der Waals surface area contributed by atoms with Gasteiger partial charge < -0.3 is 5.11 Å². The standard InChI is InChI=1S/C18H29N3O2S/c1-4-14(19-13-11-9-7-8-10-12-13)15-16(22)20(5-2)18(24)21(6-3)17(15)23/h13,22H,4-12H2,1-3H3. The number of aliphatic imine (C=N–C) groups is 1. The molecule has 6 heteroatoms. The van der Waals surface area contributed by atoms with Crippen LogP contribution in [0.5, 0.6) is 5.88 Å². The van der Waals surface area contributed by atoms with E-state index in [1.54, 1.807) is 9.13 Å². The van der Waals surface area contributed by atoms with E-state index in [-0.39, 0.29) is 17.5 Å². The molecule has 0 unspecified atom stereocenters. The molecule has 0 atom stereocenters. The third kappa shape index (κ3) is 3.79. The lowest BCUT2D eigenvalue weighted by atomic mass is 10.1. The highest BCUT2D eigenvalue weighted by atomic mass is 32.1. The predicted molar refractivity (Wildman–Crippen MR) is 101 cm³/mol. The van der Waals surface area contributed by atoms with Crippen LogP contribution >= 0.6 is 12.2 Å². The molecule has 24 heavy (non-hydrogen) atoms. The molecule has 0 bridgehead atoms. The highest BCUT2D eigenvalue weighted by molar-refractivity contribution is 7.71. The van der Waals surface area contributed by atoms with Crippen molar-refractivity contribution in [2.75, 3.05) is 0 Å². The molecule has 0 saturated heterocycles. The molecular weight excluding hydrogens is 322 g/mol. The van der Waals surface area contributed by atoms with Crippen molar-refractivity contribution in [3.63, 3.8) is 0 Å². The van der Waals surface area contributed by atoms with E-state index in [9.17, 15) is 9.90 Å². The summed E-state index contributed by atoms with van der Waals surface area (Å²) in [6.07, 6.45) is 7.68. The van der Waals surface area contributed by atoms with Gasteiger partial charge in [-0.2, -0.15) is 0 Å². The lowest BCUT2D eigenvalue weighted by molar-refractivity contribution is 0.399. The van der Waals surface area contributed by atoms with Crippen LogP contribution in [0.3, 0.4) is 0 Å². The second kappa shape index (κ2) is 8.60. The van der Waals surface area contributed by atoms with Crippen LogP contribution in [0.1, 0.15) is 71.3 Å². The summed E-state index contributed by atoms with van der Waals surface area (Å²) in [5.74, 6) is -0.0357. The zero-order valence-corrected chi connectivity index (χ0v) is 15.9. The topological polar surface area (TPSA) is 59.5 Å². The van der Waals surface area contributed by atoms with Gasteiger partial charge in [0.15, 0.2) is 4.77 Å². The molecule has 1 saturated carbocycles. The quantitative estimate of drug-likeness (QED) is 0.495. The first-order chi connectivity index (χ1) is 11.5. The van der Waals surface area contributed by atoms with Gasteiger partial charge in [0.25, 0.3) is 5.56 Å². The summed E-state index contributed by atoms with van der Waals surface area (Å²) in [7, 11) is 0. The van der Waals surface area contributed by atoms with Crippen LogP contribution in [0.4, 0.5) is 0 Å². The summed E-state index contributed by atoms with van der Waals surface area (Å²) >= 11 is 5.35. The fourth-order valence-corrected chi connectivity index (χ4v) is 3.87. The molecule has 0 spiro atoms. The number of aromatic nitrogens is 2. The molecule has 5 nitrogen and oxygen atoms in total. The van der Waals surface area contributed by atoms with Crippen molar-refractivity contribution in [1.29, 1.82) is 0 Å². The first-order valence-corrected chi connectivity index (χ1v) is 9.59. The van der Waals surface area contributed by atoms with E-state index < -0.39 is 0 Å². The Morgan fingerprint density at radius 2 is 1.71 bits per heavy atom. The summed E-state index contributed by atoms with van der Waals surface area (Å²) in [5.41, 5.74) is 0.821. The molecule has 134 valence electrons. The molecule has 0 aromatic carbocycles. The van der Waals surface area contributed by atoms with Gasteiger partial charge in [-0.25, -0.2) is 0 Å². The maximum absolute atomic E-state index is 12.9. The van der Waals surface area contributed by atoms with Gasteiger partial charge in [0.1, 0.15) is 5.56 Å². The van der Waals surface area contributed by atoms with Crippen LogP contribution in [0.15, 0.2) is 9.79 Å². The fourth-order valence-electron chi connectivity index (χ4n) is 3.45. The van der Waals surface area contributed by atoms with E-state index >= 15 is 0 Å². The fraction of sp³-hybridized carbons (Fsp3) is 0.722. The average molecular weight is 352 g/mol. The van der Waals surface area contributed by atoms with Gasteiger partial charge in [0.05, 0.1) is 11.8 Å². The largest absolute Gasteiger partial charge is 0.494 e. The van der Waals surface area contributed by atoms with Crippen LogP contribution in [0, 0.1) is 4.77 Å². The monoisotopic (exact) mass is 351 g/mol. The Kier molecular flexibility index (Phi) is 6.78. The molecule has 0 amide bonds. The highest BCUT2D eigenvalue weighted by Gasteiger charge is 2.21. The summed E-state index contributed by atoms with van der Waals surface area (Å²) < 4.78 is 3.54. The summed E-state index contributed by atoms with van der Waals surface area (Å²) in [6.45, 7) is 6.82. The Hall–Kier alpha value is -1.43. The molecule has 1 aliphatic rings. The first-order valence-electron chi connectivity index (χ1n) is 9.18. The zero-order chi connectivity index (χ0) is 17.7. The third-order valence-electron chi connectivity index (χ3n) is 4.82. The van der Waals surface area contributed by atoms with E-state index in [1.165, 1.54) is 25.7 Å². The Bertz CT molecular complexity index is 710. The van der Waals surface area contributed by atoms with Gasteiger partial charge in [0, 0.05) is 13.1 Å². The minimum atomic E-state index is -0.223. The lowest BCUT2D eigenvalue weighted by Gasteiger charge is -2.17. The van der Waals surface area contributed by atoms with Crippen molar-refractivity contribution in [3.8, 4) is 5.88 Å². The molecule has 0 radical (unpaired) electrons. The van der Waals surface area contributed by atoms with Crippen molar-refractivity contribution in [1.82, 2.24) is 9.13 Å². The SMILES string of the molecule is CCC(=NC1CCCCCC1)c1c(O)n(CC)c(=S)n(CC)c1=O. The van der Waals surface area contributed by atoms with Crippen molar-refractivity contribution in [3.05, 3.63) is 20.7 Å². The van der Waals surface area contributed by atoms with Crippen molar-refractivity contribution in [2.45, 2.75) is 84.8 Å². The van der Waals surface area contributed by atoms with E-state index in [0.717, 1.165) is 12.8 Å². The van der Waals surface area contributed by atoms with Gasteiger partial charge in [0.2, 0.25) is 5.88 Å². The van der Waals surface area contributed by atoms with E-state index in [0.29, 0.717) is 35.6 Å². The van der Waals surface area contributed by atoms with Crippen molar-refractivity contribution >= 4 is 17.9 Å². The Labute approximate surface area is 149 Å². The molecule has 1 aromatic rings. The molecule has 1 aromatic heterocycles. The van der Waals surface area contributed by atoms with Crippen LogP contribution in [0.2, 0.25) is 0 Å². The summed E-state index contributed by atoms with van der Waals surface area (Å²) in [6, 6.07) is 0.259. The molecule has 1 aliphatic carbocycles. The smallest absolute Gasteiger partial charge is 0.267 e. The average Bonchev–Trinajstić information content (AvgIpc) is 2.83. The summed E-state index contributed by atoms with van der Waals surface area (Å²) in [4.78, 5) is 17.7. The number of hydrogen-bond acceptors (Lipinski definition) is 4. The van der Waals surface area contributed by atoms with Gasteiger partial charge >= 0.3 is 0 Å². The van der Waals surface area contributed by atoms with Crippen LogP contribution < -0.4 is 5.56 Å². The molecule has 1 fully saturated rings. The minimum absolute atomic E-state index is 0.0357. The second-order valence-electron chi connectivity index (χ2n) is 6.35. The van der Waals surface area contributed by atoms with E-state index in [4.69, 9.17) is 17.2 Å². The van der Waals surface area contributed by atoms with Crippen LogP contribution in [0.25, 0.3) is 0 Å². The zero-order valence-electron chi connectivity index (χ0n) is 15.0. The second-order valence-corrected chi connectivity index (χ2v) is 6.71. The molecule has 2 rings (SSSR count). The normalized spacial score (nSPS) is 17.0. The van der Waals surface area contributed by atoms with Crippen LogP contribution in [-0.2, 0) is 13.1 Å². The minimum Gasteiger partial charge on any atom is -0.494 e. The number of aromatic hydroxyl groups is 1. The van der Waals surface area contributed by atoms with Gasteiger partial charge in [-0.15, -0.1) is 0 Å². The number of rotatable bonds is 5. The predicted octanol–water partition coefficient (Wildman–Crippen LogP) is 4.05. The van der Waals surface area contributed by atoms with E-state index in [2.05, 4.69) is 0 Å². The molecular formula is C18H29N3O2S. The third-order valence-corrected chi connectivity index (χ3v) is 5.26. The Morgan fingerprint density at radius 1 is 1.12 bits per heavy atom.